The number of hydrogen-bond donors (Lipinski definition) is 1. The third-order valence-electron chi connectivity index (χ3n) is 4.18. The summed E-state index contributed by atoms with van der Waals surface area (Å²) in [5.74, 6) is 0. The van der Waals surface area contributed by atoms with Crippen molar-refractivity contribution in [1.29, 1.82) is 0 Å². The molecule has 0 aromatic carbocycles. The van der Waals surface area contributed by atoms with Crippen LogP contribution in [0.15, 0.2) is 10.3 Å². The van der Waals surface area contributed by atoms with Crippen molar-refractivity contribution in [1.82, 2.24) is 9.62 Å². The van der Waals surface area contributed by atoms with Crippen LogP contribution in [0.5, 0.6) is 0 Å². The average Bonchev–Trinajstić information content (AvgIpc) is 2.98. The second-order valence-corrected chi connectivity index (χ2v) is 9.23. The van der Waals surface area contributed by atoms with E-state index in [-0.39, 0.29) is 6.04 Å². The molecule has 5 nitrogen and oxygen atoms in total. The Morgan fingerprint density at radius 2 is 2.19 bits per heavy atom. The van der Waals surface area contributed by atoms with Crippen LogP contribution in [-0.4, -0.2) is 45.1 Å². The van der Waals surface area contributed by atoms with Crippen molar-refractivity contribution in [3.8, 4) is 0 Å². The fourth-order valence-corrected chi connectivity index (χ4v) is 5.56. The van der Waals surface area contributed by atoms with Gasteiger partial charge in [0.05, 0.1) is 12.6 Å². The molecule has 21 heavy (non-hydrogen) atoms. The van der Waals surface area contributed by atoms with E-state index in [9.17, 15) is 8.42 Å². The number of nitrogens with zero attached hydrogens (tertiary/aromatic N) is 1. The second-order valence-electron chi connectivity index (χ2n) is 5.87. The number of sulfonamides is 1. The smallest absolute Gasteiger partial charge is 0.252 e. The van der Waals surface area contributed by atoms with Crippen molar-refractivity contribution in [2.24, 2.45) is 0 Å². The van der Waals surface area contributed by atoms with Gasteiger partial charge in [0.1, 0.15) is 4.21 Å². The molecule has 2 aliphatic rings. The van der Waals surface area contributed by atoms with Gasteiger partial charge in [-0.15, -0.1) is 11.3 Å². The molecule has 1 saturated carbocycles. The summed E-state index contributed by atoms with van der Waals surface area (Å²) in [6.07, 6.45) is 3.25. The summed E-state index contributed by atoms with van der Waals surface area (Å²) in [5, 5.41) is 3.44. The molecular formula is C14H22N2O3S2. The minimum absolute atomic E-state index is 0.0366. The van der Waals surface area contributed by atoms with Crippen molar-refractivity contribution in [3.63, 3.8) is 0 Å². The van der Waals surface area contributed by atoms with Gasteiger partial charge in [0.15, 0.2) is 0 Å². The van der Waals surface area contributed by atoms with E-state index in [4.69, 9.17) is 4.74 Å². The highest BCUT2D eigenvalue weighted by molar-refractivity contribution is 7.91. The summed E-state index contributed by atoms with van der Waals surface area (Å²) in [7, 11) is -1.74. The summed E-state index contributed by atoms with van der Waals surface area (Å²) in [5.41, 5.74) is 1.06. The van der Waals surface area contributed by atoms with E-state index in [0.717, 1.165) is 23.4 Å². The van der Waals surface area contributed by atoms with Crippen LogP contribution in [-0.2, 0) is 21.3 Å². The predicted molar refractivity (Wildman–Crippen MR) is 83.1 cm³/mol. The molecule has 1 atom stereocenters. The van der Waals surface area contributed by atoms with Gasteiger partial charge in [0.25, 0.3) is 10.0 Å². The van der Waals surface area contributed by atoms with Crippen molar-refractivity contribution in [3.05, 3.63) is 16.5 Å². The van der Waals surface area contributed by atoms with Crippen molar-refractivity contribution in [2.75, 3.05) is 20.3 Å². The molecule has 2 heterocycles. The second kappa shape index (κ2) is 5.96. The molecule has 0 bridgehead atoms. The zero-order chi connectivity index (χ0) is 15.0. The first-order chi connectivity index (χ1) is 9.98. The summed E-state index contributed by atoms with van der Waals surface area (Å²) in [6.45, 7) is 3.89. The average molecular weight is 330 g/mol. The Balaban J connectivity index is 1.76. The van der Waals surface area contributed by atoms with Gasteiger partial charge in [-0.25, -0.2) is 8.42 Å². The van der Waals surface area contributed by atoms with E-state index in [1.54, 1.807) is 13.1 Å². The first kappa shape index (κ1) is 15.4. The van der Waals surface area contributed by atoms with Crippen LogP contribution in [0.3, 0.4) is 0 Å². The van der Waals surface area contributed by atoms with Crippen LogP contribution in [0.4, 0.5) is 0 Å². The van der Waals surface area contributed by atoms with E-state index < -0.39 is 10.0 Å². The lowest BCUT2D eigenvalue weighted by Crippen LogP contribution is -2.36. The van der Waals surface area contributed by atoms with Crippen LogP contribution in [0.2, 0.25) is 0 Å². The molecular weight excluding hydrogens is 308 g/mol. The van der Waals surface area contributed by atoms with E-state index in [0.29, 0.717) is 23.5 Å². The van der Waals surface area contributed by atoms with Crippen LogP contribution >= 0.6 is 11.3 Å². The molecule has 0 radical (unpaired) electrons. The number of likely N-dealkylation sites (N-methyl/N-ethyl adjacent to an activating group) is 1. The maximum Gasteiger partial charge on any atom is 0.252 e. The van der Waals surface area contributed by atoms with Gasteiger partial charge < -0.3 is 10.1 Å². The third-order valence-corrected chi connectivity index (χ3v) is 7.78. The Morgan fingerprint density at radius 1 is 1.43 bits per heavy atom. The lowest BCUT2D eigenvalue weighted by atomic mass is 10.3. The maximum absolute atomic E-state index is 12.7. The van der Waals surface area contributed by atoms with Gasteiger partial charge in [-0.1, -0.05) is 0 Å². The monoisotopic (exact) mass is 330 g/mol. The maximum atomic E-state index is 12.7. The van der Waals surface area contributed by atoms with Crippen LogP contribution < -0.4 is 5.32 Å². The molecule has 1 aliphatic carbocycles. The Kier molecular flexibility index (Phi) is 4.38. The summed E-state index contributed by atoms with van der Waals surface area (Å²) in [6, 6.07) is 2.39. The van der Waals surface area contributed by atoms with Crippen molar-refractivity contribution in [2.45, 2.75) is 49.0 Å². The minimum atomic E-state index is -3.40. The van der Waals surface area contributed by atoms with Gasteiger partial charge in [0, 0.05) is 31.1 Å². The first-order valence-electron chi connectivity index (χ1n) is 7.37. The van der Waals surface area contributed by atoms with Crippen molar-refractivity contribution >= 4 is 21.4 Å². The number of rotatable bonds is 6. The first-order valence-corrected chi connectivity index (χ1v) is 9.62. The topological polar surface area (TPSA) is 58.6 Å². The molecule has 1 N–H and O–H groups in total. The number of hydrogen-bond acceptors (Lipinski definition) is 5. The highest BCUT2D eigenvalue weighted by Crippen LogP contribution is 2.30. The molecule has 7 heteroatoms. The Labute approximate surface area is 130 Å². The molecule has 1 aliphatic heterocycles. The van der Waals surface area contributed by atoms with E-state index >= 15 is 0 Å². The van der Waals surface area contributed by atoms with Crippen LogP contribution in [0.1, 0.15) is 29.7 Å². The Bertz CT molecular complexity index is 602. The normalized spacial score (nSPS) is 23.1. The highest BCUT2D eigenvalue weighted by atomic mass is 32.2. The number of ether oxygens (including phenoxy) is 1. The lowest BCUT2D eigenvalue weighted by molar-refractivity contribution is 0.181. The number of aryl methyl sites for hydroxylation is 1. The number of nitrogens with one attached hydrogen (secondary N) is 1. The van der Waals surface area contributed by atoms with Gasteiger partial charge >= 0.3 is 0 Å². The molecule has 1 aromatic rings. The third kappa shape index (κ3) is 3.32. The quantitative estimate of drug-likeness (QED) is 0.863. The molecule has 1 saturated heterocycles. The summed E-state index contributed by atoms with van der Waals surface area (Å²) in [4.78, 5) is 1.12. The van der Waals surface area contributed by atoms with Gasteiger partial charge in [-0.3, -0.25) is 0 Å². The largest absolute Gasteiger partial charge is 0.380 e. The zero-order valence-electron chi connectivity index (χ0n) is 12.5. The lowest BCUT2D eigenvalue weighted by Gasteiger charge is -2.21. The fraction of sp³-hybridized carbons (Fsp3) is 0.714. The Morgan fingerprint density at radius 3 is 2.81 bits per heavy atom. The fourth-order valence-electron chi connectivity index (χ4n) is 2.46. The molecule has 118 valence electrons. The van der Waals surface area contributed by atoms with Gasteiger partial charge in [-0.2, -0.15) is 4.31 Å². The molecule has 3 rings (SSSR count). The van der Waals surface area contributed by atoms with Gasteiger partial charge in [0.2, 0.25) is 0 Å². The Hall–Kier alpha value is -0.470. The molecule has 1 unspecified atom stereocenters. The molecule has 0 amide bonds. The number of thiophene rings is 1. The van der Waals surface area contributed by atoms with Crippen LogP contribution in [0, 0.1) is 6.92 Å². The van der Waals surface area contributed by atoms with Crippen LogP contribution in [0.25, 0.3) is 0 Å². The predicted octanol–water partition coefficient (Wildman–Crippen LogP) is 1.72. The van der Waals surface area contributed by atoms with E-state index in [2.05, 4.69) is 5.32 Å². The minimum Gasteiger partial charge on any atom is -0.380 e. The van der Waals surface area contributed by atoms with Gasteiger partial charge in [-0.05, 0) is 37.8 Å². The van der Waals surface area contributed by atoms with Crippen molar-refractivity contribution < 1.29 is 13.2 Å². The van der Waals surface area contributed by atoms with E-state index in [1.807, 2.05) is 6.92 Å². The SMILES string of the molecule is Cc1cc(S(=O)(=O)N(C)C2CCOC2)sc1CNC1CC1. The summed E-state index contributed by atoms with van der Waals surface area (Å²) >= 11 is 1.39. The highest BCUT2D eigenvalue weighted by Gasteiger charge is 2.32. The molecule has 0 spiro atoms. The summed E-state index contributed by atoms with van der Waals surface area (Å²) < 4.78 is 32.6. The zero-order valence-corrected chi connectivity index (χ0v) is 14.1. The molecule has 1 aromatic heterocycles. The standard InChI is InChI=1S/C14H22N2O3S2/c1-10-7-14(20-13(10)8-15-11-3-4-11)21(17,18)16(2)12-5-6-19-9-12/h7,11-12,15H,3-6,8-9H2,1-2H3. The van der Waals surface area contributed by atoms with E-state index in [1.165, 1.54) is 28.5 Å². The molecule has 2 fully saturated rings.